The third kappa shape index (κ3) is 1.93. The van der Waals surface area contributed by atoms with Crippen molar-refractivity contribution in [3.05, 3.63) is 0 Å². The minimum atomic E-state index is 0.190. The molecule has 0 spiro atoms. The van der Waals surface area contributed by atoms with E-state index in [1.165, 1.54) is 45.3 Å². The van der Waals surface area contributed by atoms with Crippen molar-refractivity contribution in [2.75, 3.05) is 26.2 Å². The Kier molecular flexibility index (Phi) is 2.31. The molecule has 2 aliphatic heterocycles. The average Bonchev–Trinajstić information content (AvgIpc) is 2.74. The number of piperazine rings is 1. The van der Waals surface area contributed by atoms with Gasteiger partial charge >= 0.3 is 0 Å². The number of nitrogens with zero attached hydrogens (tertiary/aromatic N) is 2. The van der Waals surface area contributed by atoms with Crippen molar-refractivity contribution in [3.63, 3.8) is 0 Å². The smallest absolute Gasteiger partial charge is 0.0284 e. The van der Waals surface area contributed by atoms with Crippen LogP contribution in [0.4, 0.5) is 0 Å². The van der Waals surface area contributed by atoms with Crippen LogP contribution in [-0.2, 0) is 0 Å². The molecule has 2 atom stereocenters. The fourth-order valence-corrected chi connectivity index (χ4v) is 3.19. The normalized spacial score (nSPS) is 40.4. The Morgan fingerprint density at radius 2 is 2.13 bits per heavy atom. The molecule has 2 heterocycles. The molecular weight excluding hydrogens is 186 g/mol. The summed E-state index contributed by atoms with van der Waals surface area (Å²) in [6.45, 7) is 7.36. The lowest BCUT2D eigenvalue weighted by Crippen LogP contribution is -2.57. The maximum atomic E-state index is 6.22. The van der Waals surface area contributed by atoms with Crippen molar-refractivity contribution in [1.82, 2.24) is 9.80 Å². The fourth-order valence-electron chi connectivity index (χ4n) is 3.19. The maximum absolute atomic E-state index is 6.22. The van der Waals surface area contributed by atoms with Gasteiger partial charge in [0.25, 0.3) is 0 Å². The van der Waals surface area contributed by atoms with Crippen LogP contribution >= 0.6 is 0 Å². The van der Waals surface area contributed by atoms with Crippen molar-refractivity contribution in [2.45, 2.75) is 50.2 Å². The van der Waals surface area contributed by atoms with E-state index >= 15 is 0 Å². The van der Waals surface area contributed by atoms with E-state index in [-0.39, 0.29) is 5.54 Å². The van der Waals surface area contributed by atoms with Gasteiger partial charge in [0, 0.05) is 37.3 Å². The molecule has 0 bridgehead atoms. The van der Waals surface area contributed by atoms with Gasteiger partial charge < -0.3 is 5.73 Å². The van der Waals surface area contributed by atoms with Crippen LogP contribution in [-0.4, -0.2) is 53.6 Å². The van der Waals surface area contributed by atoms with Gasteiger partial charge in [-0.1, -0.05) is 0 Å². The summed E-state index contributed by atoms with van der Waals surface area (Å²) in [6.07, 6.45) is 5.29. The van der Waals surface area contributed by atoms with Crippen LogP contribution in [0, 0.1) is 0 Å². The molecule has 1 aliphatic carbocycles. The number of rotatable bonds is 2. The van der Waals surface area contributed by atoms with Crippen LogP contribution in [0.5, 0.6) is 0 Å². The Balaban J connectivity index is 1.63. The molecule has 2 N–H and O–H groups in total. The van der Waals surface area contributed by atoms with Crippen molar-refractivity contribution in [1.29, 1.82) is 0 Å². The summed E-state index contributed by atoms with van der Waals surface area (Å²) in [4.78, 5) is 5.32. The van der Waals surface area contributed by atoms with Crippen molar-refractivity contribution < 1.29 is 0 Å². The molecule has 3 fully saturated rings. The van der Waals surface area contributed by atoms with Crippen LogP contribution in [0.25, 0.3) is 0 Å². The zero-order valence-electron chi connectivity index (χ0n) is 9.78. The Morgan fingerprint density at radius 3 is 2.87 bits per heavy atom. The predicted molar refractivity (Wildman–Crippen MR) is 61.8 cm³/mol. The second kappa shape index (κ2) is 3.44. The van der Waals surface area contributed by atoms with Gasteiger partial charge in [-0.3, -0.25) is 9.80 Å². The zero-order valence-corrected chi connectivity index (χ0v) is 9.78. The molecular formula is C12H23N3. The average molecular weight is 209 g/mol. The first-order chi connectivity index (χ1) is 7.16. The molecule has 3 nitrogen and oxygen atoms in total. The molecule has 15 heavy (non-hydrogen) atoms. The van der Waals surface area contributed by atoms with Gasteiger partial charge in [0.2, 0.25) is 0 Å². The van der Waals surface area contributed by atoms with Crippen LogP contribution in [0.2, 0.25) is 0 Å². The third-order valence-electron chi connectivity index (χ3n) is 4.48. The van der Waals surface area contributed by atoms with Gasteiger partial charge in [-0.25, -0.2) is 0 Å². The molecule has 0 aromatic carbocycles. The highest BCUT2D eigenvalue weighted by atomic mass is 15.3. The number of fused-ring (bicyclic) bond motifs is 1. The summed E-state index contributed by atoms with van der Waals surface area (Å²) in [5, 5.41) is 0. The quantitative estimate of drug-likeness (QED) is 0.724. The Bertz CT molecular complexity index is 249. The Labute approximate surface area is 92.6 Å². The summed E-state index contributed by atoms with van der Waals surface area (Å²) >= 11 is 0. The number of hydrogen-bond donors (Lipinski definition) is 1. The zero-order chi connectivity index (χ0) is 10.5. The van der Waals surface area contributed by atoms with E-state index in [0.717, 1.165) is 12.6 Å². The second-order valence-corrected chi connectivity index (χ2v) is 5.93. The SMILES string of the molecule is CC1CN2CCCC2CN1CC1(N)CC1. The lowest BCUT2D eigenvalue weighted by Gasteiger charge is -2.43. The van der Waals surface area contributed by atoms with Gasteiger partial charge in [0.05, 0.1) is 0 Å². The van der Waals surface area contributed by atoms with Crippen LogP contribution < -0.4 is 5.73 Å². The third-order valence-corrected chi connectivity index (χ3v) is 4.48. The first-order valence-corrected chi connectivity index (χ1v) is 6.43. The van der Waals surface area contributed by atoms with Crippen LogP contribution in [0.15, 0.2) is 0 Å². The maximum Gasteiger partial charge on any atom is 0.0284 e. The lowest BCUT2D eigenvalue weighted by atomic mass is 10.1. The highest BCUT2D eigenvalue weighted by Crippen LogP contribution is 2.35. The highest BCUT2D eigenvalue weighted by Gasteiger charge is 2.43. The van der Waals surface area contributed by atoms with Gasteiger partial charge in [-0.15, -0.1) is 0 Å². The molecule has 2 saturated heterocycles. The molecule has 3 rings (SSSR count). The molecule has 0 aromatic heterocycles. The van der Waals surface area contributed by atoms with E-state index in [0.29, 0.717) is 6.04 Å². The number of nitrogens with two attached hydrogens (primary N) is 1. The first-order valence-electron chi connectivity index (χ1n) is 6.43. The highest BCUT2D eigenvalue weighted by molar-refractivity contribution is 5.03. The van der Waals surface area contributed by atoms with Gasteiger partial charge in [0.1, 0.15) is 0 Å². The second-order valence-electron chi connectivity index (χ2n) is 5.93. The molecule has 86 valence electrons. The molecule has 3 aliphatic rings. The first kappa shape index (κ1) is 10.1. The summed E-state index contributed by atoms with van der Waals surface area (Å²) in [6, 6.07) is 1.55. The summed E-state index contributed by atoms with van der Waals surface area (Å²) in [5.41, 5.74) is 6.41. The lowest BCUT2D eigenvalue weighted by molar-refractivity contribution is 0.0534. The molecule has 1 saturated carbocycles. The predicted octanol–water partition coefficient (Wildman–Crippen LogP) is 0.646. The van der Waals surface area contributed by atoms with Gasteiger partial charge in [0.15, 0.2) is 0 Å². The van der Waals surface area contributed by atoms with E-state index in [1.807, 2.05) is 0 Å². The summed E-state index contributed by atoms with van der Waals surface area (Å²) in [7, 11) is 0. The van der Waals surface area contributed by atoms with Crippen LogP contribution in [0.3, 0.4) is 0 Å². The van der Waals surface area contributed by atoms with Crippen molar-refractivity contribution in [3.8, 4) is 0 Å². The van der Waals surface area contributed by atoms with Gasteiger partial charge in [-0.05, 0) is 39.2 Å². The molecule has 0 aromatic rings. The molecule has 3 heteroatoms. The van der Waals surface area contributed by atoms with E-state index < -0.39 is 0 Å². The van der Waals surface area contributed by atoms with Gasteiger partial charge in [-0.2, -0.15) is 0 Å². The van der Waals surface area contributed by atoms with E-state index in [9.17, 15) is 0 Å². The van der Waals surface area contributed by atoms with E-state index in [4.69, 9.17) is 5.73 Å². The minimum absolute atomic E-state index is 0.190. The summed E-state index contributed by atoms with van der Waals surface area (Å²) < 4.78 is 0. The van der Waals surface area contributed by atoms with Crippen molar-refractivity contribution in [2.24, 2.45) is 5.73 Å². The van der Waals surface area contributed by atoms with E-state index in [2.05, 4.69) is 16.7 Å². The minimum Gasteiger partial charge on any atom is -0.324 e. The topological polar surface area (TPSA) is 32.5 Å². The monoisotopic (exact) mass is 209 g/mol. The largest absolute Gasteiger partial charge is 0.324 e. The number of hydrogen-bond acceptors (Lipinski definition) is 3. The molecule has 0 amide bonds. The Morgan fingerprint density at radius 1 is 1.33 bits per heavy atom. The fraction of sp³-hybridized carbons (Fsp3) is 1.00. The van der Waals surface area contributed by atoms with Crippen LogP contribution in [0.1, 0.15) is 32.6 Å². The van der Waals surface area contributed by atoms with Crippen molar-refractivity contribution >= 4 is 0 Å². The summed E-state index contributed by atoms with van der Waals surface area (Å²) in [5.74, 6) is 0. The molecule has 2 unspecified atom stereocenters. The Hall–Kier alpha value is -0.120. The molecule has 0 radical (unpaired) electrons. The van der Waals surface area contributed by atoms with E-state index in [1.54, 1.807) is 0 Å². The standard InChI is InChI=1S/C12H23N3/c1-10-7-14-6-2-3-11(14)8-15(10)9-12(13)4-5-12/h10-11H,2-9,13H2,1H3.